The van der Waals surface area contributed by atoms with Crippen LogP contribution in [-0.4, -0.2) is 23.1 Å². The van der Waals surface area contributed by atoms with Gasteiger partial charge >= 0.3 is 0 Å². The Bertz CT molecular complexity index is 578. The van der Waals surface area contributed by atoms with Crippen LogP contribution in [0.25, 0.3) is 5.57 Å². The summed E-state index contributed by atoms with van der Waals surface area (Å²) in [5, 5.41) is 0.777. The van der Waals surface area contributed by atoms with E-state index >= 15 is 0 Å². The van der Waals surface area contributed by atoms with Crippen LogP contribution in [0, 0.1) is 0 Å². The van der Waals surface area contributed by atoms with Crippen LogP contribution in [0.4, 0.5) is 5.95 Å². The molecule has 0 radical (unpaired) electrons. The molecule has 0 unspecified atom stereocenters. The van der Waals surface area contributed by atoms with Gasteiger partial charge in [0.15, 0.2) is 0 Å². The first-order chi connectivity index (χ1) is 9.33. The number of hydrogen-bond donors (Lipinski definition) is 0. The van der Waals surface area contributed by atoms with Gasteiger partial charge in [-0.3, -0.25) is 0 Å². The van der Waals surface area contributed by atoms with Gasteiger partial charge in [-0.1, -0.05) is 29.8 Å². The Hall–Kier alpha value is -1.87. The van der Waals surface area contributed by atoms with Crippen molar-refractivity contribution in [1.82, 2.24) is 9.97 Å². The summed E-state index contributed by atoms with van der Waals surface area (Å²) in [6.07, 6.45) is 6.80. The molecule has 1 aliphatic rings. The summed E-state index contributed by atoms with van der Waals surface area (Å²) in [5.74, 6) is 0.800. The Balaban J connectivity index is 1.75. The maximum absolute atomic E-state index is 5.91. The van der Waals surface area contributed by atoms with Crippen LogP contribution in [0.1, 0.15) is 12.0 Å². The second-order valence-corrected chi connectivity index (χ2v) is 4.92. The van der Waals surface area contributed by atoms with E-state index in [-0.39, 0.29) is 0 Å². The molecule has 0 N–H and O–H groups in total. The van der Waals surface area contributed by atoms with Crippen molar-refractivity contribution in [3.05, 3.63) is 59.4 Å². The fourth-order valence-corrected chi connectivity index (χ4v) is 2.36. The number of anilines is 1. The molecule has 3 nitrogen and oxygen atoms in total. The summed E-state index contributed by atoms with van der Waals surface area (Å²) < 4.78 is 0. The van der Waals surface area contributed by atoms with Crippen LogP contribution in [0.15, 0.2) is 48.8 Å². The van der Waals surface area contributed by atoms with Crippen molar-refractivity contribution < 1.29 is 0 Å². The fourth-order valence-electron chi connectivity index (χ4n) is 2.23. The molecule has 0 saturated carbocycles. The van der Waals surface area contributed by atoms with E-state index in [9.17, 15) is 0 Å². The number of halogens is 1. The minimum atomic E-state index is 0.777. The van der Waals surface area contributed by atoms with Crippen LogP contribution in [0.3, 0.4) is 0 Å². The molecule has 1 aromatic carbocycles. The summed E-state index contributed by atoms with van der Waals surface area (Å²) in [4.78, 5) is 10.7. The maximum Gasteiger partial charge on any atom is 0.225 e. The zero-order valence-corrected chi connectivity index (χ0v) is 11.2. The topological polar surface area (TPSA) is 29.0 Å². The predicted molar refractivity (Wildman–Crippen MR) is 78.3 cm³/mol. The average Bonchev–Trinajstić information content (AvgIpc) is 2.49. The first-order valence-electron chi connectivity index (χ1n) is 6.30. The lowest BCUT2D eigenvalue weighted by molar-refractivity contribution is 0.796. The van der Waals surface area contributed by atoms with Crippen LogP contribution in [0.2, 0.25) is 5.02 Å². The Labute approximate surface area is 117 Å². The van der Waals surface area contributed by atoms with E-state index in [1.54, 1.807) is 12.4 Å². The molecule has 96 valence electrons. The number of aromatic nitrogens is 2. The first kappa shape index (κ1) is 12.2. The SMILES string of the molecule is Clc1ccc(C2=CCN(c3ncccn3)CC2)cc1. The van der Waals surface area contributed by atoms with Gasteiger partial charge in [0.1, 0.15) is 0 Å². The molecular weight excluding hydrogens is 258 g/mol. The minimum absolute atomic E-state index is 0.777. The van der Waals surface area contributed by atoms with Gasteiger partial charge in [-0.25, -0.2) is 9.97 Å². The Morgan fingerprint density at radius 2 is 1.79 bits per heavy atom. The second-order valence-electron chi connectivity index (χ2n) is 4.48. The molecule has 0 spiro atoms. The van der Waals surface area contributed by atoms with Gasteiger partial charge in [0.05, 0.1) is 0 Å². The molecule has 19 heavy (non-hydrogen) atoms. The second kappa shape index (κ2) is 5.41. The lowest BCUT2D eigenvalue weighted by Gasteiger charge is -2.26. The molecule has 2 heterocycles. The standard InChI is InChI=1S/C15H14ClN3/c16-14-4-2-12(3-5-14)13-6-10-19(11-7-13)15-17-8-1-9-18-15/h1-6,8-9H,7,10-11H2. The zero-order valence-electron chi connectivity index (χ0n) is 10.5. The van der Waals surface area contributed by atoms with Crippen molar-refractivity contribution in [1.29, 1.82) is 0 Å². The third-order valence-electron chi connectivity index (χ3n) is 3.26. The quantitative estimate of drug-likeness (QED) is 0.838. The minimum Gasteiger partial charge on any atom is -0.337 e. The molecule has 0 bridgehead atoms. The number of rotatable bonds is 2. The molecule has 1 aliphatic heterocycles. The van der Waals surface area contributed by atoms with Crippen LogP contribution < -0.4 is 4.90 Å². The number of nitrogens with zero attached hydrogens (tertiary/aromatic N) is 3. The molecule has 0 atom stereocenters. The van der Waals surface area contributed by atoms with Crippen molar-refractivity contribution in [3.63, 3.8) is 0 Å². The van der Waals surface area contributed by atoms with Crippen LogP contribution in [-0.2, 0) is 0 Å². The molecule has 2 aromatic rings. The smallest absolute Gasteiger partial charge is 0.225 e. The lowest BCUT2D eigenvalue weighted by Crippen LogP contribution is -2.29. The van der Waals surface area contributed by atoms with Gasteiger partial charge in [0, 0.05) is 30.5 Å². The van der Waals surface area contributed by atoms with E-state index in [0.29, 0.717) is 0 Å². The van der Waals surface area contributed by atoms with E-state index in [4.69, 9.17) is 11.6 Å². The highest BCUT2D eigenvalue weighted by Gasteiger charge is 2.14. The van der Waals surface area contributed by atoms with Crippen molar-refractivity contribution in [3.8, 4) is 0 Å². The summed E-state index contributed by atoms with van der Waals surface area (Å²) in [5.41, 5.74) is 2.61. The molecule has 4 heteroatoms. The molecule has 3 rings (SSSR count). The fraction of sp³-hybridized carbons (Fsp3) is 0.200. The highest BCUT2D eigenvalue weighted by atomic mass is 35.5. The molecule has 0 aliphatic carbocycles. The molecule has 1 aromatic heterocycles. The normalized spacial score (nSPS) is 15.2. The Morgan fingerprint density at radius 3 is 2.42 bits per heavy atom. The van der Waals surface area contributed by atoms with E-state index < -0.39 is 0 Å². The number of benzene rings is 1. The van der Waals surface area contributed by atoms with Crippen LogP contribution in [0.5, 0.6) is 0 Å². The van der Waals surface area contributed by atoms with Crippen molar-refractivity contribution >= 4 is 23.1 Å². The van der Waals surface area contributed by atoms with Gasteiger partial charge in [-0.05, 0) is 35.8 Å². The molecular formula is C15H14ClN3. The zero-order chi connectivity index (χ0) is 13.1. The third kappa shape index (κ3) is 2.76. The average molecular weight is 272 g/mol. The summed E-state index contributed by atoms with van der Waals surface area (Å²) in [6, 6.07) is 9.85. The van der Waals surface area contributed by atoms with E-state index in [1.807, 2.05) is 18.2 Å². The monoisotopic (exact) mass is 271 g/mol. The van der Waals surface area contributed by atoms with Gasteiger partial charge in [-0.15, -0.1) is 0 Å². The van der Waals surface area contributed by atoms with Gasteiger partial charge in [-0.2, -0.15) is 0 Å². The van der Waals surface area contributed by atoms with Crippen molar-refractivity contribution in [2.75, 3.05) is 18.0 Å². The number of hydrogen-bond acceptors (Lipinski definition) is 3. The van der Waals surface area contributed by atoms with Gasteiger partial charge < -0.3 is 4.90 Å². The van der Waals surface area contributed by atoms with Crippen LogP contribution >= 0.6 is 11.6 Å². The highest BCUT2D eigenvalue weighted by Crippen LogP contribution is 2.24. The van der Waals surface area contributed by atoms with E-state index in [0.717, 1.165) is 30.5 Å². The largest absolute Gasteiger partial charge is 0.337 e. The lowest BCUT2D eigenvalue weighted by atomic mass is 10.00. The van der Waals surface area contributed by atoms with Gasteiger partial charge in [0.25, 0.3) is 0 Å². The third-order valence-corrected chi connectivity index (χ3v) is 3.51. The molecule has 0 fully saturated rings. The van der Waals surface area contributed by atoms with Crippen molar-refractivity contribution in [2.24, 2.45) is 0 Å². The first-order valence-corrected chi connectivity index (χ1v) is 6.68. The Kier molecular flexibility index (Phi) is 3.47. The Morgan fingerprint density at radius 1 is 1.05 bits per heavy atom. The van der Waals surface area contributed by atoms with Crippen molar-refractivity contribution in [2.45, 2.75) is 6.42 Å². The summed E-state index contributed by atoms with van der Waals surface area (Å²) in [6.45, 7) is 1.79. The predicted octanol–water partition coefficient (Wildman–Crippen LogP) is 3.42. The van der Waals surface area contributed by atoms with Gasteiger partial charge in [0.2, 0.25) is 5.95 Å². The van der Waals surface area contributed by atoms with E-state index in [1.165, 1.54) is 11.1 Å². The van der Waals surface area contributed by atoms with E-state index in [2.05, 4.69) is 33.1 Å². The maximum atomic E-state index is 5.91. The molecule has 0 saturated heterocycles. The summed E-state index contributed by atoms with van der Waals surface area (Å²) >= 11 is 5.91. The summed E-state index contributed by atoms with van der Waals surface area (Å²) in [7, 11) is 0. The molecule has 0 amide bonds. The highest BCUT2D eigenvalue weighted by molar-refractivity contribution is 6.30.